The van der Waals surface area contributed by atoms with Gasteiger partial charge in [-0.3, -0.25) is 0 Å². The van der Waals surface area contributed by atoms with E-state index in [1.165, 1.54) is 77.0 Å². The smallest absolute Gasteiger partial charge is 0.00388 e. The Morgan fingerprint density at radius 1 is 0.895 bits per heavy atom. The van der Waals surface area contributed by atoms with Gasteiger partial charge in [0.25, 0.3) is 0 Å². The van der Waals surface area contributed by atoms with Crippen molar-refractivity contribution in [2.75, 3.05) is 0 Å². The molecule has 1 atom stereocenters. The third kappa shape index (κ3) is 15.4. The van der Waals surface area contributed by atoms with Crippen LogP contribution in [-0.4, -0.2) is 6.04 Å². The Morgan fingerprint density at radius 2 is 1.47 bits per heavy atom. The second-order valence-corrected chi connectivity index (χ2v) is 5.62. The summed E-state index contributed by atoms with van der Waals surface area (Å²) in [6.45, 7) is 5.93. The molecule has 1 unspecified atom stereocenters. The maximum absolute atomic E-state index is 6.15. The van der Waals surface area contributed by atoms with E-state index in [-0.39, 0.29) is 0 Å². The Hall–Kier alpha value is -0.560. The maximum Gasteiger partial charge on any atom is 0.00388 e. The van der Waals surface area contributed by atoms with Crippen LogP contribution in [0.15, 0.2) is 24.8 Å². The number of allylic oxidation sites excluding steroid dienone is 3. The van der Waals surface area contributed by atoms with Crippen molar-refractivity contribution in [1.82, 2.24) is 0 Å². The number of unbranched alkanes of at least 4 members (excludes halogenated alkanes) is 8. The van der Waals surface area contributed by atoms with E-state index in [9.17, 15) is 0 Å². The van der Waals surface area contributed by atoms with Gasteiger partial charge >= 0.3 is 0 Å². The van der Waals surface area contributed by atoms with Crippen LogP contribution in [0, 0.1) is 0 Å². The second kappa shape index (κ2) is 15.5. The van der Waals surface area contributed by atoms with Crippen molar-refractivity contribution in [3.8, 4) is 0 Å². The van der Waals surface area contributed by atoms with Crippen LogP contribution in [-0.2, 0) is 0 Å². The zero-order chi connectivity index (χ0) is 14.2. The molecule has 0 fully saturated rings. The van der Waals surface area contributed by atoms with Crippen molar-refractivity contribution < 1.29 is 0 Å². The fraction of sp³-hybridized carbons (Fsp3) is 0.778. The van der Waals surface area contributed by atoms with E-state index in [1.54, 1.807) is 0 Å². The van der Waals surface area contributed by atoms with Crippen LogP contribution in [0.25, 0.3) is 0 Å². The summed E-state index contributed by atoms with van der Waals surface area (Å²) in [7, 11) is 0. The van der Waals surface area contributed by atoms with Crippen LogP contribution in [0.4, 0.5) is 0 Å². The molecule has 19 heavy (non-hydrogen) atoms. The van der Waals surface area contributed by atoms with E-state index in [4.69, 9.17) is 5.73 Å². The normalized spacial score (nSPS) is 12.9. The Labute approximate surface area is 121 Å². The molecule has 0 aliphatic carbocycles. The second-order valence-electron chi connectivity index (χ2n) is 5.62. The summed E-state index contributed by atoms with van der Waals surface area (Å²) in [6.07, 6.45) is 21.8. The summed E-state index contributed by atoms with van der Waals surface area (Å²) in [4.78, 5) is 0. The molecule has 0 aliphatic heterocycles. The van der Waals surface area contributed by atoms with Crippen LogP contribution in [0.2, 0.25) is 0 Å². The van der Waals surface area contributed by atoms with E-state index >= 15 is 0 Å². The molecule has 0 aromatic carbocycles. The lowest BCUT2D eigenvalue weighted by Crippen LogP contribution is -2.19. The third-order valence-corrected chi connectivity index (χ3v) is 3.65. The molecule has 0 heterocycles. The number of rotatable bonds is 14. The average Bonchev–Trinajstić information content (AvgIpc) is 2.41. The molecule has 0 saturated heterocycles. The lowest BCUT2D eigenvalue weighted by molar-refractivity contribution is 0.488. The lowest BCUT2D eigenvalue weighted by Gasteiger charge is -2.11. The first-order valence-corrected chi connectivity index (χ1v) is 8.34. The van der Waals surface area contributed by atoms with Gasteiger partial charge in [0.1, 0.15) is 0 Å². The fourth-order valence-corrected chi connectivity index (χ4v) is 2.37. The molecule has 0 aromatic rings. The Balaban J connectivity index is 3.17. The van der Waals surface area contributed by atoms with Gasteiger partial charge in [0.2, 0.25) is 0 Å². The molecule has 2 N–H and O–H groups in total. The maximum atomic E-state index is 6.15. The Bertz CT molecular complexity index is 208. The minimum atomic E-state index is 0.447. The number of hydrogen-bond acceptors (Lipinski definition) is 1. The third-order valence-electron chi connectivity index (χ3n) is 3.65. The Kier molecular flexibility index (Phi) is 15.0. The molecule has 0 rings (SSSR count). The fourth-order valence-electron chi connectivity index (χ4n) is 2.37. The summed E-state index contributed by atoms with van der Waals surface area (Å²) in [6, 6.07) is 0.447. The quantitative estimate of drug-likeness (QED) is 0.314. The molecule has 0 bridgehead atoms. The van der Waals surface area contributed by atoms with Gasteiger partial charge in [-0.05, 0) is 25.7 Å². The predicted molar refractivity (Wildman–Crippen MR) is 88.4 cm³/mol. The van der Waals surface area contributed by atoms with Crippen LogP contribution < -0.4 is 5.73 Å². The zero-order valence-corrected chi connectivity index (χ0v) is 13.1. The monoisotopic (exact) mass is 265 g/mol. The molecule has 1 nitrogen and oxygen atoms in total. The largest absolute Gasteiger partial charge is 0.328 e. The van der Waals surface area contributed by atoms with Gasteiger partial charge < -0.3 is 5.73 Å². The Morgan fingerprint density at radius 3 is 2.05 bits per heavy atom. The van der Waals surface area contributed by atoms with E-state index in [0.717, 1.165) is 0 Å². The summed E-state index contributed by atoms with van der Waals surface area (Å²) in [5.74, 6) is 0. The van der Waals surface area contributed by atoms with Gasteiger partial charge in [-0.1, -0.05) is 83.1 Å². The molecule has 112 valence electrons. The average molecular weight is 265 g/mol. The topological polar surface area (TPSA) is 26.0 Å². The van der Waals surface area contributed by atoms with Crippen LogP contribution in [0.1, 0.15) is 84.0 Å². The molecule has 0 amide bonds. The molecule has 0 aliphatic rings. The van der Waals surface area contributed by atoms with Crippen molar-refractivity contribution in [1.29, 1.82) is 0 Å². The summed E-state index contributed by atoms with van der Waals surface area (Å²) in [5, 5.41) is 0. The van der Waals surface area contributed by atoms with Crippen molar-refractivity contribution in [2.45, 2.75) is 90.0 Å². The predicted octanol–water partition coefficient (Wildman–Crippen LogP) is 5.76. The van der Waals surface area contributed by atoms with E-state index in [2.05, 4.69) is 19.6 Å². The highest BCUT2D eigenvalue weighted by molar-refractivity contribution is 4.96. The molecule has 0 radical (unpaired) electrons. The van der Waals surface area contributed by atoms with Crippen molar-refractivity contribution >= 4 is 0 Å². The first-order chi connectivity index (χ1) is 9.31. The van der Waals surface area contributed by atoms with E-state index < -0.39 is 0 Å². The van der Waals surface area contributed by atoms with Gasteiger partial charge in [-0.2, -0.15) is 0 Å². The summed E-state index contributed by atoms with van der Waals surface area (Å²) < 4.78 is 0. The van der Waals surface area contributed by atoms with Crippen LogP contribution >= 0.6 is 0 Å². The SMILES string of the molecule is C=C/C=C/CCCCCCC(N)CCCCCCC. The van der Waals surface area contributed by atoms with Crippen LogP contribution in [0.3, 0.4) is 0 Å². The first kappa shape index (κ1) is 18.4. The van der Waals surface area contributed by atoms with Crippen molar-refractivity contribution in [2.24, 2.45) is 5.73 Å². The summed E-state index contributed by atoms with van der Waals surface area (Å²) in [5.41, 5.74) is 6.15. The lowest BCUT2D eigenvalue weighted by atomic mass is 10.0. The molecule has 0 aromatic heterocycles. The van der Waals surface area contributed by atoms with Gasteiger partial charge in [0.15, 0.2) is 0 Å². The van der Waals surface area contributed by atoms with Crippen molar-refractivity contribution in [3.63, 3.8) is 0 Å². The molecule has 0 spiro atoms. The van der Waals surface area contributed by atoms with Crippen LogP contribution in [0.5, 0.6) is 0 Å². The van der Waals surface area contributed by atoms with Gasteiger partial charge in [-0.15, -0.1) is 0 Å². The number of hydrogen-bond donors (Lipinski definition) is 1. The van der Waals surface area contributed by atoms with E-state index in [0.29, 0.717) is 6.04 Å². The molecular weight excluding hydrogens is 230 g/mol. The zero-order valence-electron chi connectivity index (χ0n) is 13.1. The van der Waals surface area contributed by atoms with Gasteiger partial charge in [0, 0.05) is 6.04 Å². The molecule has 1 heteroatoms. The van der Waals surface area contributed by atoms with Crippen molar-refractivity contribution in [3.05, 3.63) is 24.8 Å². The highest BCUT2D eigenvalue weighted by Crippen LogP contribution is 2.12. The molecular formula is C18H35N. The standard InChI is InChI=1S/C18H35N/c1-3-5-7-9-10-11-13-15-17-18(19)16-14-12-8-6-4-2/h3,5,7,18H,1,4,6,8-17,19H2,2H3/b7-5+. The van der Waals surface area contributed by atoms with Gasteiger partial charge in [-0.25, -0.2) is 0 Å². The number of nitrogens with two attached hydrogens (primary N) is 1. The minimum absolute atomic E-state index is 0.447. The summed E-state index contributed by atoms with van der Waals surface area (Å²) >= 11 is 0. The first-order valence-electron chi connectivity index (χ1n) is 8.34. The molecule has 0 saturated carbocycles. The highest BCUT2D eigenvalue weighted by Gasteiger charge is 2.01. The highest BCUT2D eigenvalue weighted by atomic mass is 14.6. The van der Waals surface area contributed by atoms with E-state index in [1.807, 2.05) is 12.2 Å². The minimum Gasteiger partial charge on any atom is -0.328 e. The van der Waals surface area contributed by atoms with Gasteiger partial charge in [0.05, 0.1) is 0 Å².